The molecule has 0 amide bonds. The highest BCUT2D eigenvalue weighted by Gasteiger charge is 2.26. The first-order chi connectivity index (χ1) is 7.93. The molecule has 0 radical (unpaired) electrons. The summed E-state index contributed by atoms with van der Waals surface area (Å²) in [7, 11) is 3.46. The normalized spacial score (nSPS) is 11.9. The van der Waals surface area contributed by atoms with Crippen LogP contribution in [0.5, 0.6) is 0 Å². The number of hydrogen-bond donors (Lipinski definition) is 2. The smallest absolute Gasteiger partial charge is 0.311 e. The van der Waals surface area contributed by atoms with Crippen LogP contribution in [-0.2, 0) is 9.59 Å². The second-order valence-electron chi connectivity index (χ2n) is 3.80. The Morgan fingerprint density at radius 3 is 2.53 bits per heavy atom. The Labute approximate surface area is 98.5 Å². The first-order valence-electron chi connectivity index (χ1n) is 5.00. The molecular weight excluding hydrogens is 224 g/mol. The van der Waals surface area contributed by atoms with Crippen LogP contribution in [0, 0.1) is 0 Å². The average molecular weight is 238 g/mol. The molecule has 1 aromatic rings. The number of aliphatic carboxylic acids is 2. The van der Waals surface area contributed by atoms with Crippen LogP contribution in [-0.4, -0.2) is 41.2 Å². The Hall–Kier alpha value is -2.11. The van der Waals surface area contributed by atoms with E-state index in [4.69, 9.17) is 10.2 Å². The van der Waals surface area contributed by atoms with Crippen LogP contribution in [0.15, 0.2) is 18.3 Å². The maximum atomic E-state index is 11.1. The van der Waals surface area contributed by atoms with Crippen LogP contribution in [0.3, 0.4) is 0 Å². The van der Waals surface area contributed by atoms with Gasteiger partial charge in [0.05, 0.1) is 12.3 Å². The molecular formula is C11H14N2O4. The van der Waals surface area contributed by atoms with Gasteiger partial charge in [-0.05, 0) is 6.07 Å². The zero-order valence-corrected chi connectivity index (χ0v) is 9.62. The molecule has 17 heavy (non-hydrogen) atoms. The van der Waals surface area contributed by atoms with Gasteiger partial charge in [-0.1, -0.05) is 6.07 Å². The minimum absolute atomic E-state index is 0.410. The fourth-order valence-corrected chi connectivity index (χ4v) is 1.56. The van der Waals surface area contributed by atoms with E-state index in [1.165, 1.54) is 0 Å². The van der Waals surface area contributed by atoms with Crippen LogP contribution in [0.4, 0.5) is 5.82 Å². The lowest BCUT2D eigenvalue weighted by Gasteiger charge is -2.19. The van der Waals surface area contributed by atoms with Crippen LogP contribution in [0.1, 0.15) is 17.9 Å². The number of nitrogens with zero attached hydrogens (tertiary/aromatic N) is 2. The number of pyridine rings is 1. The number of anilines is 1. The molecule has 1 aromatic heterocycles. The second-order valence-corrected chi connectivity index (χ2v) is 3.80. The average Bonchev–Trinajstić information content (AvgIpc) is 2.25. The van der Waals surface area contributed by atoms with Gasteiger partial charge < -0.3 is 15.1 Å². The summed E-state index contributed by atoms with van der Waals surface area (Å²) in [5, 5.41) is 17.8. The van der Waals surface area contributed by atoms with Gasteiger partial charge in [0.2, 0.25) is 0 Å². The minimum Gasteiger partial charge on any atom is -0.481 e. The van der Waals surface area contributed by atoms with E-state index in [2.05, 4.69) is 4.98 Å². The van der Waals surface area contributed by atoms with Gasteiger partial charge in [0, 0.05) is 25.9 Å². The molecule has 0 bridgehead atoms. The highest BCUT2D eigenvalue weighted by atomic mass is 16.4. The van der Waals surface area contributed by atoms with E-state index in [-0.39, 0.29) is 0 Å². The van der Waals surface area contributed by atoms with Gasteiger partial charge in [-0.3, -0.25) is 9.59 Å². The van der Waals surface area contributed by atoms with E-state index in [0.29, 0.717) is 11.4 Å². The van der Waals surface area contributed by atoms with E-state index in [1.54, 1.807) is 37.3 Å². The molecule has 0 saturated carbocycles. The van der Waals surface area contributed by atoms with Crippen LogP contribution >= 0.6 is 0 Å². The van der Waals surface area contributed by atoms with Crippen LogP contribution in [0.25, 0.3) is 0 Å². The molecule has 2 N–H and O–H groups in total. The molecule has 1 rings (SSSR count). The van der Waals surface area contributed by atoms with Crippen molar-refractivity contribution in [2.45, 2.75) is 12.3 Å². The van der Waals surface area contributed by atoms with Gasteiger partial charge in [0.25, 0.3) is 0 Å². The highest BCUT2D eigenvalue weighted by molar-refractivity contribution is 5.84. The largest absolute Gasteiger partial charge is 0.481 e. The molecule has 0 aliphatic rings. The second kappa shape index (κ2) is 5.29. The third-order valence-corrected chi connectivity index (χ3v) is 2.29. The topological polar surface area (TPSA) is 90.7 Å². The van der Waals surface area contributed by atoms with Crippen LogP contribution < -0.4 is 4.90 Å². The van der Waals surface area contributed by atoms with Crippen molar-refractivity contribution in [3.8, 4) is 0 Å². The fourth-order valence-electron chi connectivity index (χ4n) is 1.56. The lowest BCUT2D eigenvalue weighted by atomic mass is 9.96. The summed E-state index contributed by atoms with van der Waals surface area (Å²) in [6, 6.07) is 3.18. The fraction of sp³-hybridized carbons (Fsp3) is 0.364. The van der Waals surface area contributed by atoms with Crippen molar-refractivity contribution >= 4 is 17.8 Å². The SMILES string of the molecule is CN(C)c1ncccc1C(CC(=O)O)C(=O)O. The summed E-state index contributed by atoms with van der Waals surface area (Å²) in [5.74, 6) is -2.92. The third-order valence-electron chi connectivity index (χ3n) is 2.29. The van der Waals surface area contributed by atoms with Crippen molar-refractivity contribution in [1.82, 2.24) is 4.98 Å². The predicted octanol–water partition coefficient (Wildman–Crippen LogP) is 0.790. The highest BCUT2D eigenvalue weighted by Crippen LogP contribution is 2.27. The summed E-state index contributed by atoms with van der Waals surface area (Å²) in [6.07, 6.45) is 1.08. The third kappa shape index (κ3) is 3.17. The summed E-state index contributed by atoms with van der Waals surface area (Å²) < 4.78 is 0. The van der Waals surface area contributed by atoms with Crippen molar-refractivity contribution in [3.63, 3.8) is 0 Å². The Kier molecular flexibility index (Phi) is 4.03. The molecule has 1 heterocycles. The molecule has 0 fully saturated rings. The van der Waals surface area contributed by atoms with E-state index >= 15 is 0 Å². The first kappa shape index (κ1) is 13.0. The van der Waals surface area contributed by atoms with Gasteiger partial charge in [0.15, 0.2) is 0 Å². The summed E-state index contributed by atoms with van der Waals surface area (Å²) in [5.41, 5.74) is 0.410. The van der Waals surface area contributed by atoms with Gasteiger partial charge >= 0.3 is 11.9 Å². The Balaban J connectivity index is 3.18. The van der Waals surface area contributed by atoms with Crippen LogP contribution in [0.2, 0.25) is 0 Å². The van der Waals surface area contributed by atoms with Gasteiger partial charge in [-0.2, -0.15) is 0 Å². The summed E-state index contributed by atoms with van der Waals surface area (Å²) in [4.78, 5) is 27.5. The molecule has 0 saturated heterocycles. The molecule has 0 spiro atoms. The minimum atomic E-state index is -1.16. The molecule has 0 aliphatic carbocycles. The van der Waals surface area contributed by atoms with Crippen molar-refractivity contribution in [3.05, 3.63) is 23.9 Å². The Bertz CT molecular complexity index is 431. The number of carbonyl (C=O) groups is 2. The number of carboxylic acid groups (broad SMARTS) is 2. The number of aromatic nitrogens is 1. The number of hydrogen-bond acceptors (Lipinski definition) is 4. The van der Waals surface area contributed by atoms with Crippen molar-refractivity contribution in [2.75, 3.05) is 19.0 Å². The maximum absolute atomic E-state index is 11.1. The number of rotatable bonds is 5. The molecule has 1 unspecified atom stereocenters. The van der Waals surface area contributed by atoms with E-state index < -0.39 is 24.3 Å². The quantitative estimate of drug-likeness (QED) is 0.788. The lowest BCUT2D eigenvalue weighted by molar-refractivity contribution is -0.145. The lowest BCUT2D eigenvalue weighted by Crippen LogP contribution is -2.21. The predicted molar refractivity (Wildman–Crippen MR) is 61.2 cm³/mol. The van der Waals surface area contributed by atoms with E-state index in [0.717, 1.165) is 0 Å². The van der Waals surface area contributed by atoms with Gasteiger partial charge in [-0.25, -0.2) is 4.98 Å². The molecule has 6 nitrogen and oxygen atoms in total. The summed E-state index contributed by atoms with van der Waals surface area (Å²) >= 11 is 0. The Morgan fingerprint density at radius 2 is 2.06 bits per heavy atom. The zero-order chi connectivity index (χ0) is 13.0. The monoisotopic (exact) mass is 238 g/mol. The molecule has 0 aromatic carbocycles. The van der Waals surface area contributed by atoms with Crippen molar-refractivity contribution in [1.29, 1.82) is 0 Å². The molecule has 0 aliphatic heterocycles. The van der Waals surface area contributed by atoms with Crippen molar-refractivity contribution < 1.29 is 19.8 Å². The van der Waals surface area contributed by atoms with Crippen molar-refractivity contribution in [2.24, 2.45) is 0 Å². The standard InChI is InChI=1S/C11H14N2O4/c1-13(2)10-7(4-3-5-12-10)8(11(16)17)6-9(14)15/h3-5,8H,6H2,1-2H3,(H,14,15)(H,16,17). The summed E-state index contributed by atoms with van der Waals surface area (Å²) in [6.45, 7) is 0. The molecule has 92 valence electrons. The Morgan fingerprint density at radius 1 is 1.41 bits per heavy atom. The molecule has 1 atom stereocenters. The van der Waals surface area contributed by atoms with E-state index in [1.807, 2.05) is 0 Å². The molecule has 6 heteroatoms. The first-order valence-corrected chi connectivity index (χ1v) is 5.00. The van der Waals surface area contributed by atoms with Gasteiger partial charge in [-0.15, -0.1) is 0 Å². The van der Waals surface area contributed by atoms with E-state index in [9.17, 15) is 9.59 Å². The maximum Gasteiger partial charge on any atom is 0.311 e. The number of carboxylic acids is 2. The van der Waals surface area contributed by atoms with Gasteiger partial charge in [0.1, 0.15) is 5.82 Å². The zero-order valence-electron chi connectivity index (χ0n) is 9.62.